The number of carbonyl (C=O) groups excluding carboxylic acids is 3. The van der Waals surface area contributed by atoms with Crippen LogP contribution in [0.15, 0.2) is 114 Å². The molecule has 0 radical (unpaired) electrons. The Balaban J connectivity index is 1.55. The Labute approximate surface area is 234 Å². The second-order valence-electron chi connectivity index (χ2n) is 10.2. The maximum atomic E-state index is 14.6. The van der Waals surface area contributed by atoms with Gasteiger partial charge in [-0.2, -0.15) is 0 Å². The Morgan fingerprint density at radius 2 is 1.44 bits per heavy atom. The summed E-state index contributed by atoms with van der Waals surface area (Å²) in [6, 6.07) is 30.0. The van der Waals surface area contributed by atoms with Crippen LogP contribution in [0.25, 0.3) is 6.08 Å². The summed E-state index contributed by atoms with van der Waals surface area (Å²) in [6.07, 6.45) is 3.98. The lowest BCUT2D eigenvalue weighted by molar-refractivity contribution is -0.121. The highest BCUT2D eigenvalue weighted by molar-refractivity contribution is 9.10. The summed E-state index contributed by atoms with van der Waals surface area (Å²) in [7, 11) is 0. The maximum absolute atomic E-state index is 14.6. The third kappa shape index (κ3) is 3.34. The molecule has 3 aliphatic heterocycles. The van der Waals surface area contributed by atoms with Crippen LogP contribution >= 0.6 is 15.9 Å². The van der Waals surface area contributed by atoms with Gasteiger partial charge in [-0.15, -0.1) is 0 Å². The fourth-order valence-electron chi connectivity index (χ4n) is 6.71. The Morgan fingerprint density at radius 1 is 0.795 bits per heavy atom. The first-order chi connectivity index (χ1) is 19.0. The maximum Gasteiger partial charge on any atom is 0.238 e. The van der Waals surface area contributed by atoms with Crippen LogP contribution in [-0.2, 0) is 10.2 Å². The van der Waals surface area contributed by atoms with E-state index in [1.54, 1.807) is 24.3 Å². The van der Waals surface area contributed by atoms with Crippen molar-refractivity contribution < 1.29 is 14.4 Å². The van der Waals surface area contributed by atoms with Crippen molar-refractivity contribution in [2.24, 2.45) is 5.92 Å². The summed E-state index contributed by atoms with van der Waals surface area (Å²) in [5, 5.41) is 3.06. The lowest BCUT2D eigenvalue weighted by Gasteiger charge is -2.37. The number of nitrogens with one attached hydrogen (secondary N) is 1. The molecule has 1 spiro atoms. The molecule has 0 unspecified atom stereocenters. The number of hydrogen-bond donors (Lipinski definition) is 1. The zero-order valence-corrected chi connectivity index (χ0v) is 22.3. The molecule has 1 fully saturated rings. The number of Topliss-reactive ketones (excluding diaryl/α,β-unsaturated/α-hetero) is 2. The second kappa shape index (κ2) is 8.89. The smallest absolute Gasteiger partial charge is 0.238 e. The number of ketones is 2. The van der Waals surface area contributed by atoms with Crippen molar-refractivity contribution in [3.8, 4) is 0 Å². The van der Waals surface area contributed by atoms with E-state index in [9.17, 15) is 14.4 Å². The van der Waals surface area contributed by atoms with Crippen molar-refractivity contribution >= 4 is 50.9 Å². The van der Waals surface area contributed by atoms with Crippen LogP contribution in [0.5, 0.6) is 0 Å². The molecule has 39 heavy (non-hydrogen) atoms. The molecule has 1 saturated heterocycles. The molecule has 0 aliphatic carbocycles. The molecule has 7 rings (SSSR count). The number of hydrogen-bond acceptors (Lipinski definition) is 4. The Kier molecular flexibility index (Phi) is 5.42. The van der Waals surface area contributed by atoms with Crippen molar-refractivity contribution in [1.82, 2.24) is 0 Å². The minimum Gasteiger partial charge on any atom is -0.352 e. The second-order valence-corrected chi connectivity index (χ2v) is 11.1. The molecule has 4 atom stereocenters. The SMILES string of the molecule is O=C(c1ccccc1)[C@@H]1[C@H](C(=O)c2ccccc2)N2c3ccc(Br)cc3C=C[C@@H]2[C@]12C(=O)Nc1ccccc12. The first-order valence-electron chi connectivity index (χ1n) is 12.9. The number of nitrogens with zero attached hydrogens (tertiary/aromatic N) is 1. The van der Waals surface area contributed by atoms with Gasteiger partial charge in [0, 0.05) is 27.0 Å². The molecule has 4 aromatic carbocycles. The van der Waals surface area contributed by atoms with E-state index in [1.807, 2.05) is 95.9 Å². The molecule has 6 heteroatoms. The van der Waals surface area contributed by atoms with E-state index in [4.69, 9.17) is 0 Å². The van der Waals surface area contributed by atoms with Crippen molar-refractivity contribution in [1.29, 1.82) is 0 Å². The lowest BCUT2D eigenvalue weighted by atomic mass is 9.64. The topological polar surface area (TPSA) is 66.5 Å². The van der Waals surface area contributed by atoms with Gasteiger partial charge in [0.15, 0.2) is 11.6 Å². The standard InChI is InChI=1S/C33H23BrN2O3/c34-23-16-17-26-22(19-23)15-18-27-33(24-13-7-8-14-25(24)35-32(33)39)28(30(37)20-9-3-1-4-10-20)29(36(26)27)31(38)21-11-5-2-6-12-21/h1-19,27-29H,(H,35,39)/t27-,28+,29-,33+/m1/s1. The third-order valence-electron chi connectivity index (χ3n) is 8.26. The van der Waals surface area contributed by atoms with Gasteiger partial charge in [0.2, 0.25) is 5.91 Å². The van der Waals surface area contributed by atoms with Crippen LogP contribution in [0.2, 0.25) is 0 Å². The summed E-state index contributed by atoms with van der Waals surface area (Å²) in [5.41, 5.74) is 2.83. The molecular formula is C33H23BrN2O3. The van der Waals surface area contributed by atoms with E-state index in [2.05, 4.69) is 21.2 Å². The summed E-state index contributed by atoms with van der Waals surface area (Å²) < 4.78 is 0.907. The molecule has 4 aromatic rings. The highest BCUT2D eigenvalue weighted by Crippen LogP contribution is 2.58. The normalized spacial score (nSPS) is 24.2. The van der Waals surface area contributed by atoms with Crippen molar-refractivity contribution in [2.75, 3.05) is 10.2 Å². The van der Waals surface area contributed by atoms with Gasteiger partial charge in [0.25, 0.3) is 0 Å². The van der Waals surface area contributed by atoms with Gasteiger partial charge in [-0.25, -0.2) is 0 Å². The Hall–Kier alpha value is -4.29. The molecular weight excluding hydrogens is 552 g/mol. The van der Waals surface area contributed by atoms with Crippen LogP contribution in [0.1, 0.15) is 31.8 Å². The van der Waals surface area contributed by atoms with Gasteiger partial charge < -0.3 is 10.2 Å². The van der Waals surface area contributed by atoms with E-state index < -0.39 is 23.4 Å². The third-order valence-corrected chi connectivity index (χ3v) is 8.76. The number of para-hydroxylation sites is 1. The predicted molar refractivity (Wildman–Crippen MR) is 155 cm³/mol. The fourth-order valence-corrected chi connectivity index (χ4v) is 7.08. The molecule has 3 heterocycles. The first kappa shape index (κ1) is 23.8. The monoisotopic (exact) mass is 574 g/mol. The van der Waals surface area contributed by atoms with Crippen molar-refractivity contribution in [2.45, 2.75) is 17.5 Å². The number of amides is 1. The van der Waals surface area contributed by atoms with Gasteiger partial charge in [-0.05, 0) is 35.4 Å². The molecule has 5 nitrogen and oxygen atoms in total. The minimum atomic E-state index is -1.31. The van der Waals surface area contributed by atoms with Crippen LogP contribution < -0.4 is 10.2 Å². The molecule has 0 bridgehead atoms. The molecule has 1 amide bonds. The zero-order chi connectivity index (χ0) is 26.7. The summed E-state index contributed by atoms with van der Waals surface area (Å²) in [6.45, 7) is 0. The lowest BCUT2D eigenvalue weighted by Crippen LogP contribution is -2.51. The largest absolute Gasteiger partial charge is 0.352 e. The number of anilines is 2. The average molecular weight is 575 g/mol. The quantitative estimate of drug-likeness (QED) is 0.290. The van der Waals surface area contributed by atoms with Crippen molar-refractivity contribution in [3.05, 3.63) is 136 Å². The van der Waals surface area contributed by atoms with Crippen LogP contribution in [0.3, 0.4) is 0 Å². The molecule has 3 aliphatic rings. The van der Waals surface area contributed by atoms with Gasteiger partial charge in [0.1, 0.15) is 11.5 Å². The van der Waals surface area contributed by atoms with E-state index in [0.717, 1.165) is 21.3 Å². The average Bonchev–Trinajstić information content (AvgIpc) is 3.45. The number of halogens is 1. The van der Waals surface area contributed by atoms with Gasteiger partial charge >= 0.3 is 0 Å². The molecule has 0 saturated carbocycles. The van der Waals surface area contributed by atoms with E-state index >= 15 is 0 Å². The molecule has 0 aromatic heterocycles. The summed E-state index contributed by atoms with van der Waals surface area (Å²) in [4.78, 5) is 45.5. The molecule has 1 N–H and O–H groups in total. The number of fused-ring (bicyclic) bond motifs is 6. The van der Waals surface area contributed by atoms with Gasteiger partial charge in [0.05, 0.1) is 12.0 Å². The fraction of sp³-hybridized carbons (Fsp3) is 0.121. The highest BCUT2D eigenvalue weighted by Gasteiger charge is 2.70. The van der Waals surface area contributed by atoms with E-state index in [0.29, 0.717) is 16.8 Å². The first-order valence-corrected chi connectivity index (χ1v) is 13.7. The van der Waals surface area contributed by atoms with Gasteiger partial charge in [-0.3, -0.25) is 14.4 Å². The zero-order valence-electron chi connectivity index (χ0n) is 20.8. The Morgan fingerprint density at radius 3 is 2.15 bits per heavy atom. The van der Waals surface area contributed by atoms with Crippen LogP contribution in [0, 0.1) is 5.92 Å². The van der Waals surface area contributed by atoms with Crippen LogP contribution in [0.4, 0.5) is 11.4 Å². The van der Waals surface area contributed by atoms with Gasteiger partial charge in [-0.1, -0.05) is 107 Å². The number of carbonyl (C=O) groups is 3. The molecule has 190 valence electrons. The summed E-state index contributed by atoms with van der Waals surface area (Å²) in [5.74, 6) is -1.65. The minimum absolute atomic E-state index is 0.187. The van der Waals surface area contributed by atoms with E-state index in [1.165, 1.54) is 0 Å². The van der Waals surface area contributed by atoms with E-state index in [-0.39, 0.29) is 17.5 Å². The highest BCUT2D eigenvalue weighted by atomic mass is 79.9. The predicted octanol–water partition coefficient (Wildman–Crippen LogP) is 6.31. The number of rotatable bonds is 4. The Bertz CT molecular complexity index is 1680. The number of benzene rings is 4. The van der Waals surface area contributed by atoms with Crippen LogP contribution in [-0.4, -0.2) is 29.6 Å². The van der Waals surface area contributed by atoms with Crippen molar-refractivity contribution in [3.63, 3.8) is 0 Å². The summed E-state index contributed by atoms with van der Waals surface area (Å²) >= 11 is 3.56.